The number of rotatable bonds is 6. The molecule has 0 bridgehead atoms. The van der Waals surface area contributed by atoms with E-state index in [2.05, 4.69) is 32.1 Å². The highest BCUT2D eigenvalue weighted by Crippen LogP contribution is 2.25. The monoisotopic (exact) mass is 351 g/mol. The van der Waals surface area contributed by atoms with Crippen molar-refractivity contribution in [1.82, 2.24) is 14.6 Å². The van der Waals surface area contributed by atoms with Crippen LogP contribution < -0.4 is 4.72 Å². The van der Waals surface area contributed by atoms with Gasteiger partial charge in [0.05, 0.1) is 6.26 Å². The first kappa shape index (κ1) is 16.6. The standard InChI is InChI=1S/C16H21N3O2S2/c1-23(20,21)18-15-6-8-19(12-14-5-3-9-22-14)16(15)10-13-4-2-7-17-11-13/h2-5,7,9,11,15-16,18H,6,8,10,12H2,1H3/t15-,16+/m1/s1. The van der Waals surface area contributed by atoms with Gasteiger partial charge in [0.15, 0.2) is 0 Å². The van der Waals surface area contributed by atoms with Gasteiger partial charge in [-0.1, -0.05) is 12.1 Å². The third kappa shape index (κ3) is 4.60. The average Bonchev–Trinajstić information content (AvgIpc) is 3.12. The largest absolute Gasteiger partial charge is 0.293 e. The van der Waals surface area contributed by atoms with E-state index in [0.717, 1.165) is 31.5 Å². The lowest BCUT2D eigenvalue weighted by Crippen LogP contribution is -2.45. The van der Waals surface area contributed by atoms with Crippen LogP contribution in [-0.2, 0) is 23.0 Å². The molecule has 23 heavy (non-hydrogen) atoms. The molecule has 1 N–H and O–H groups in total. The molecule has 5 nitrogen and oxygen atoms in total. The zero-order chi connectivity index (χ0) is 16.3. The fourth-order valence-corrected chi connectivity index (χ4v) is 4.72. The first-order valence-electron chi connectivity index (χ1n) is 7.64. The zero-order valence-corrected chi connectivity index (χ0v) is 14.7. The predicted molar refractivity (Wildman–Crippen MR) is 92.8 cm³/mol. The molecule has 3 rings (SSSR count). The van der Waals surface area contributed by atoms with Crippen molar-refractivity contribution in [2.75, 3.05) is 12.8 Å². The Balaban J connectivity index is 1.78. The van der Waals surface area contributed by atoms with Crippen LogP contribution >= 0.6 is 11.3 Å². The van der Waals surface area contributed by atoms with Gasteiger partial charge in [-0.15, -0.1) is 11.3 Å². The maximum Gasteiger partial charge on any atom is 0.209 e. The second-order valence-electron chi connectivity index (χ2n) is 5.97. The number of likely N-dealkylation sites (tertiary alicyclic amines) is 1. The highest BCUT2D eigenvalue weighted by Gasteiger charge is 2.35. The van der Waals surface area contributed by atoms with Crippen molar-refractivity contribution in [3.05, 3.63) is 52.5 Å². The number of aromatic nitrogens is 1. The second kappa shape index (κ2) is 7.09. The molecular formula is C16H21N3O2S2. The summed E-state index contributed by atoms with van der Waals surface area (Å²) in [5, 5.41) is 2.08. The molecule has 0 amide bonds. The minimum atomic E-state index is -3.21. The van der Waals surface area contributed by atoms with Crippen molar-refractivity contribution in [2.24, 2.45) is 0 Å². The molecule has 2 aromatic rings. The Bertz CT molecular complexity index is 717. The lowest BCUT2D eigenvalue weighted by molar-refractivity contribution is 0.232. The van der Waals surface area contributed by atoms with E-state index in [-0.39, 0.29) is 12.1 Å². The van der Waals surface area contributed by atoms with E-state index in [1.165, 1.54) is 11.1 Å². The van der Waals surface area contributed by atoms with Crippen LogP contribution in [0.5, 0.6) is 0 Å². The van der Waals surface area contributed by atoms with E-state index in [1.807, 2.05) is 18.3 Å². The Kier molecular flexibility index (Phi) is 5.11. The molecule has 1 fully saturated rings. The summed E-state index contributed by atoms with van der Waals surface area (Å²) in [5.74, 6) is 0. The van der Waals surface area contributed by atoms with Gasteiger partial charge in [0.25, 0.3) is 0 Å². The molecular weight excluding hydrogens is 330 g/mol. The van der Waals surface area contributed by atoms with Gasteiger partial charge in [-0.25, -0.2) is 13.1 Å². The molecule has 7 heteroatoms. The number of nitrogens with one attached hydrogen (secondary N) is 1. The van der Waals surface area contributed by atoms with Gasteiger partial charge >= 0.3 is 0 Å². The minimum Gasteiger partial charge on any atom is -0.293 e. The summed E-state index contributed by atoms with van der Waals surface area (Å²) < 4.78 is 26.1. The molecule has 0 radical (unpaired) electrons. The van der Waals surface area contributed by atoms with Crippen LogP contribution in [0.25, 0.3) is 0 Å². The van der Waals surface area contributed by atoms with Crippen LogP contribution in [0.2, 0.25) is 0 Å². The lowest BCUT2D eigenvalue weighted by Gasteiger charge is -2.28. The third-order valence-corrected chi connectivity index (χ3v) is 5.72. The summed E-state index contributed by atoms with van der Waals surface area (Å²) in [6, 6.07) is 8.25. The van der Waals surface area contributed by atoms with Gasteiger partial charge in [-0.3, -0.25) is 9.88 Å². The van der Waals surface area contributed by atoms with Crippen molar-refractivity contribution >= 4 is 21.4 Å². The molecule has 0 aliphatic carbocycles. The fourth-order valence-electron chi connectivity index (χ4n) is 3.16. The summed E-state index contributed by atoms with van der Waals surface area (Å²) in [5.41, 5.74) is 1.14. The summed E-state index contributed by atoms with van der Waals surface area (Å²) in [7, 11) is -3.21. The van der Waals surface area contributed by atoms with E-state index in [1.54, 1.807) is 17.5 Å². The molecule has 0 aromatic carbocycles. The van der Waals surface area contributed by atoms with E-state index in [9.17, 15) is 8.42 Å². The first-order valence-corrected chi connectivity index (χ1v) is 10.4. The normalized spacial score (nSPS) is 22.5. The molecule has 0 saturated carbocycles. The molecule has 1 saturated heterocycles. The summed E-state index contributed by atoms with van der Waals surface area (Å²) in [6.45, 7) is 1.76. The maximum atomic E-state index is 11.7. The molecule has 1 aliphatic rings. The fraction of sp³-hybridized carbons (Fsp3) is 0.438. The Labute approximate surface area is 141 Å². The Hall–Kier alpha value is -1.28. The molecule has 0 spiro atoms. The van der Waals surface area contributed by atoms with E-state index in [4.69, 9.17) is 0 Å². The van der Waals surface area contributed by atoms with Gasteiger partial charge in [0.1, 0.15) is 0 Å². The van der Waals surface area contributed by atoms with Crippen LogP contribution in [0.1, 0.15) is 16.9 Å². The van der Waals surface area contributed by atoms with Crippen LogP contribution in [-0.4, -0.2) is 43.2 Å². The molecule has 2 aromatic heterocycles. The summed E-state index contributed by atoms with van der Waals surface area (Å²) in [4.78, 5) is 7.86. The van der Waals surface area contributed by atoms with Crippen LogP contribution in [0, 0.1) is 0 Å². The smallest absolute Gasteiger partial charge is 0.209 e. The van der Waals surface area contributed by atoms with Gasteiger partial charge in [-0.2, -0.15) is 0 Å². The van der Waals surface area contributed by atoms with Gasteiger partial charge in [0, 0.05) is 42.4 Å². The first-order chi connectivity index (χ1) is 11.0. The van der Waals surface area contributed by atoms with Crippen LogP contribution in [0.3, 0.4) is 0 Å². The van der Waals surface area contributed by atoms with E-state index >= 15 is 0 Å². The topological polar surface area (TPSA) is 62.3 Å². The van der Waals surface area contributed by atoms with Crippen molar-refractivity contribution in [1.29, 1.82) is 0 Å². The Morgan fingerprint density at radius 2 is 2.26 bits per heavy atom. The molecule has 3 heterocycles. The average molecular weight is 351 g/mol. The minimum absolute atomic E-state index is 0.0508. The van der Waals surface area contributed by atoms with E-state index in [0.29, 0.717) is 0 Å². The number of hydrogen-bond donors (Lipinski definition) is 1. The van der Waals surface area contributed by atoms with Crippen molar-refractivity contribution in [2.45, 2.75) is 31.5 Å². The second-order valence-corrected chi connectivity index (χ2v) is 8.78. The van der Waals surface area contributed by atoms with Crippen molar-refractivity contribution in [3.8, 4) is 0 Å². The number of sulfonamides is 1. The van der Waals surface area contributed by atoms with Gasteiger partial charge in [0.2, 0.25) is 10.0 Å². The highest BCUT2D eigenvalue weighted by atomic mass is 32.2. The maximum absolute atomic E-state index is 11.7. The number of pyridine rings is 1. The molecule has 124 valence electrons. The molecule has 0 unspecified atom stereocenters. The third-order valence-electron chi connectivity index (χ3n) is 4.13. The predicted octanol–water partition coefficient (Wildman–Crippen LogP) is 1.88. The SMILES string of the molecule is CS(=O)(=O)N[C@@H]1CCN(Cc2cccs2)[C@H]1Cc1cccnc1. The highest BCUT2D eigenvalue weighted by molar-refractivity contribution is 7.88. The Morgan fingerprint density at radius 3 is 2.91 bits per heavy atom. The van der Waals surface area contributed by atoms with Gasteiger partial charge in [-0.05, 0) is 35.9 Å². The van der Waals surface area contributed by atoms with Crippen molar-refractivity contribution in [3.63, 3.8) is 0 Å². The molecule has 1 aliphatic heterocycles. The quantitative estimate of drug-likeness (QED) is 0.863. The summed E-state index contributed by atoms with van der Waals surface area (Å²) >= 11 is 1.74. The number of nitrogens with zero attached hydrogens (tertiary/aromatic N) is 2. The van der Waals surface area contributed by atoms with Gasteiger partial charge < -0.3 is 0 Å². The van der Waals surface area contributed by atoms with Crippen LogP contribution in [0.15, 0.2) is 42.0 Å². The van der Waals surface area contributed by atoms with E-state index < -0.39 is 10.0 Å². The number of thiophene rings is 1. The zero-order valence-electron chi connectivity index (χ0n) is 13.1. The number of hydrogen-bond acceptors (Lipinski definition) is 5. The molecule has 2 atom stereocenters. The summed E-state index contributed by atoms with van der Waals surface area (Å²) in [6.07, 6.45) is 6.48. The van der Waals surface area contributed by atoms with Crippen LogP contribution in [0.4, 0.5) is 0 Å². The lowest BCUT2D eigenvalue weighted by atomic mass is 10.0. The Morgan fingerprint density at radius 1 is 1.39 bits per heavy atom. The van der Waals surface area contributed by atoms with Crippen molar-refractivity contribution < 1.29 is 8.42 Å².